The molecule has 0 aliphatic carbocycles. The maximum atomic E-state index is 13.6. The standard InChI is InChI=1S/C25H20ClNO5/c1-15(23(28)17-7-9-18(26)10-8-17)25(30)19-4-2-3-5-20(19)27(24(25)29)13-16-6-11-21-22(12-16)32-14-31-21/h2-12,15,30H,13-14H2,1H3/t15-,25+/m0/s1. The molecule has 1 amide bonds. The molecule has 2 heterocycles. The molecule has 2 atom stereocenters. The average molecular weight is 450 g/mol. The number of anilines is 1. The van der Waals surface area contributed by atoms with Gasteiger partial charge >= 0.3 is 0 Å². The van der Waals surface area contributed by atoms with Crippen LogP contribution in [0.5, 0.6) is 11.5 Å². The van der Waals surface area contributed by atoms with Gasteiger partial charge in [0.1, 0.15) is 0 Å². The predicted octanol–water partition coefficient (Wildman–Crippen LogP) is 4.32. The van der Waals surface area contributed by atoms with E-state index >= 15 is 0 Å². The number of carbonyl (C=O) groups excluding carboxylic acids is 2. The fourth-order valence-corrected chi connectivity index (χ4v) is 4.44. The van der Waals surface area contributed by atoms with Crippen LogP contribution in [0.3, 0.4) is 0 Å². The van der Waals surface area contributed by atoms with Gasteiger partial charge in [-0.05, 0) is 48.0 Å². The number of nitrogens with zero attached hydrogens (tertiary/aromatic N) is 1. The molecule has 2 aliphatic rings. The van der Waals surface area contributed by atoms with Gasteiger partial charge in [0, 0.05) is 16.1 Å². The van der Waals surface area contributed by atoms with E-state index in [2.05, 4.69) is 0 Å². The maximum absolute atomic E-state index is 13.6. The van der Waals surface area contributed by atoms with E-state index in [1.807, 2.05) is 12.1 Å². The Balaban J connectivity index is 1.50. The molecule has 0 spiro atoms. The number of rotatable bonds is 5. The molecule has 0 unspecified atom stereocenters. The van der Waals surface area contributed by atoms with Crippen LogP contribution >= 0.6 is 11.6 Å². The van der Waals surface area contributed by atoms with Gasteiger partial charge in [0.2, 0.25) is 6.79 Å². The molecule has 3 aromatic carbocycles. The number of Topliss-reactive ketones (excluding diaryl/α,β-unsaturated/α-hetero) is 1. The molecule has 1 N–H and O–H groups in total. The van der Waals surface area contributed by atoms with Crippen molar-refractivity contribution in [3.8, 4) is 11.5 Å². The number of hydrogen-bond donors (Lipinski definition) is 1. The molecule has 3 aromatic rings. The third-order valence-corrected chi connectivity index (χ3v) is 6.36. The quantitative estimate of drug-likeness (QED) is 0.587. The molecule has 0 aromatic heterocycles. The molecular weight excluding hydrogens is 430 g/mol. The summed E-state index contributed by atoms with van der Waals surface area (Å²) in [6.45, 7) is 1.96. The molecule has 2 aliphatic heterocycles. The van der Waals surface area contributed by atoms with E-state index in [1.165, 1.54) is 4.90 Å². The van der Waals surface area contributed by atoms with Gasteiger partial charge in [-0.2, -0.15) is 0 Å². The molecule has 0 saturated heterocycles. The fraction of sp³-hybridized carbons (Fsp3) is 0.200. The van der Waals surface area contributed by atoms with Crippen molar-refractivity contribution in [3.63, 3.8) is 0 Å². The van der Waals surface area contributed by atoms with Crippen LogP contribution in [0.2, 0.25) is 5.02 Å². The highest BCUT2D eigenvalue weighted by Gasteiger charge is 2.55. The molecule has 162 valence electrons. The normalized spacial score (nSPS) is 19.7. The lowest BCUT2D eigenvalue weighted by molar-refractivity contribution is -0.139. The molecule has 0 radical (unpaired) electrons. The number of ether oxygens (including phenoxy) is 2. The number of fused-ring (bicyclic) bond motifs is 2. The predicted molar refractivity (Wildman–Crippen MR) is 119 cm³/mol. The van der Waals surface area contributed by atoms with Crippen LogP contribution in [0.1, 0.15) is 28.4 Å². The highest BCUT2D eigenvalue weighted by atomic mass is 35.5. The number of aliphatic hydroxyl groups is 1. The molecule has 32 heavy (non-hydrogen) atoms. The van der Waals surface area contributed by atoms with Crippen molar-refractivity contribution in [1.29, 1.82) is 0 Å². The maximum Gasteiger partial charge on any atom is 0.264 e. The van der Waals surface area contributed by atoms with Gasteiger partial charge < -0.3 is 19.5 Å². The minimum absolute atomic E-state index is 0.161. The van der Waals surface area contributed by atoms with Crippen LogP contribution in [0.15, 0.2) is 66.7 Å². The first-order valence-corrected chi connectivity index (χ1v) is 10.6. The number of amides is 1. The van der Waals surface area contributed by atoms with Gasteiger partial charge in [-0.15, -0.1) is 0 Å². The summed E-state index contributed by atoms with van der Waals surface area (Å²) in [5.74, 6) is -0.605. The van der Waals surface area contributed by atoms with Crippen LogP contribution in [0.4, 0.5) is 5.69 Å². The first-order chi connectivity index (χ1) is 15.4. The van der Waals surface area contributed by atoms with Crippen LogP contribution < -0.4 is 14.4 Å². The SMILES string of the molecule is C[C@@H](C(=O)c1ccc(Cl)cc1)[C@]1(O)C(=O)N(Cc2ccc3c(c2)OCO3)c2ccccc21. The van der Waals surface area contributed by atoms with Gasteiger partial charge in [-0.25, -0.2) is 0 Å². The number of para-hydroxylation sites is 1. The van der Waals surface area contributed by atoms with Crippen molar-refractivity contribution in [2.75, 3.05) is 11.7 Å². The first-order valence-electron chi connectivity index (χ1n) is 10.2. The summed E-state index contributed by atoms with van der Waals surface area (Å²) in [5.41, 5.74) is 0.214. The molecule has 5 rings (SSSR count). The molecule has 6 nitrogen and oxygen atoms in total. The summed E-state index contributed by atoms with van der Waals surface area (Å²) in [7, 11) is 0. The Morgan fingerprint density at radius 3 is 2.59 bits per heavy atom. The third-order valence-electron chi connectivity index (χ3n) is 6.10. The summed E-state index contributed by atoms with van der Waals surface area (Å²) in [5, 5.41) is 12.2. The molecular formula is C25H20ClNO5. The second-order valence-electron chi connectivity index (χ2n) is 7.96. The van der Waals surface area contributed by atoms with Crippen molar-refractivity contribution in [3.05, 3.63) is 88.4 Å². The minimum Gasteiger partial charge on any atom is -0.454 e. The Kier molecular flexibility index (Phi) is 4.92. The Labute approximate surface area is 189 Å². The summed E-state index contributed by atoms with van der Waals surface area (Å²) < 4.78 is 10.8. The average Bonchev–Trinajstić information content (AvgIpc) is 3.36. The van der Waals surface area contributed by atoms with Crippen LogP contribution in [-0.2, 0) is 16.9 Å². The lowest BCUT2D eigenvalue weighted by Gasteiger charge is -2.28. The summed E-state index contributed by atoms with van der Waals surface area (Å²) in [6.07, 6.45) is 0. The number of ketones is 1. The Morgan fingerprint density at radius 1 is 1.09 bits per heavy atom. The Bertz CT molecular complexity index is 1230. The molecule has 0 fully saturated rings. The van der Waals surface area contributed by atoms with E-state index in [0.29, 0.717) is 33.3 Å². The van der Waals surface area contributed by atoms with Crippen molar-refractivity contribution in [2.45, 2.75) is 19.1 Å². The monoisotopic (exact) mass is 449 g/mol. The number of hydrogen-bond acceptors (Lipinski definition) is 5. The molecule has 7 heteroatoms. The first kappa shape index (κ1) is 20.5. The lowest BCUT2D eigenvalue weighted by Crippen LogP contribution is -2.47. The topological polar surface area (TPSA) is 76.1 Å². The second-order valence-corrected chi connectivity index (χ2v) is 8.39. The highest BCUT2D eigenvalue weighted by molar-refractivity contribution is 6.30. The van der Waals surface area contributed by atoms with E-state index in [0.717, 1.165) is 5.56 Å². The highest BCUT2D eigenvalue weighted by Crippen LogP contribution is 2.46. The van der Waals surface area contributed by atoms with Crippen molar-refractivity contribution in [1.82, 2.24) is 0 Å². The van der Waals surface area contributed by atoms with Gasteiger partial charge in [-0.3, -0.25) is 9.59 Å². The van der Waals surface area contributed by atoms with Gasteiger partial charge in [-0.1, -0.05) is 42.8 Å². The van der Waals surface area contributed by atoms with E-state index in [1.54, 1.807) is 61.5 Å². The van der Waals surface area contributed by atoms with Crippen LogP contribution in [0.25, 0.3) is 0 Å². The molecule has 0 bridgehead atoms. The van der Waals surface area contributed by atoms with Crippen LogP contribution in [-0.4, -0.2) is 23.6 Å². The van der Waals surface area contributed by atoms with Gasteiger partial charge in [0.05, 0.1) is 18.2 Å². The number of halogens is 1. The lowest BCUT2D eigenvalue weighted by atomic mass is 9.79. The Hall–Kier alpha value is -3.35. The van der Waals surface area contributed by atoms with Crippen LogP contribution in [0, 0.1) is 5.92 Å². The van der Waals surface area contributed by atoms with E-state index in [9.17, 15) is 14.7 Å². The zero-order valence-electron chi connectivity index (χ0n) is 17.2. The number of benzene rings is 3. The van der Waals surface area contributed by atoms with Gasteiger partial charge in [0.15, 0.2) is 22.9 Å². The largest absolute Gasteiger partial charge is 0.454 e. The summed E-state index contributed by atoms with van der Waals surface area (Å²) >= 11 is 5.93. The summed E-state index contributed by atoms with van der Waals surface area (Å²) in [4.78, 5) is 28.3. The zero-order valence-corrected chi connectivity index (χ0v) is 18.0. The van der Waals surface area contributed by atoms with Gasteiger partial charge in [0.25, 0.3) is 5.91 Å². The molecule has 0 saturated carbocycles. The smallest absolute Gasteiger partial charge is 0.264 e. The van der Waals surface area contributed by atoms with Crippen molar-refractivity contribution >= 4 is 29.0 Å². The second kappa shape index (κ2) is 7.65. The minimum atomic E-state index is -1.98. The number of carbonyl (C=O) groups is 2. The van der Waals surface area contributed by atoms with Crippen molar-refractivity contribution in [2.24, 2.45) is 5.92 Å². The van der Waals surface area contributed by atoms with E-state index in [-0.39, 0.29) is 19.1 Å². The third kappa shape index (κ3) is 3.15. The van der Waals surface area contributed by atoms with E-state index in [4.69, 9.17) is 21.1 Å². The van der Waals surface area contributed by atoms with Crippen molar-refractivity contribution < 1.29 is 24.2 Å². The Morgan fingerprint density at radius 2 is 1.81 bits per heavy atom. The summed E-state index contributed by atoms with van der Waals surface area (Å²) in [6, 6.07) is 18.9. The fourth-order valence-electron chi connectivity index (χ4n) is 4.31. The zero-order chi connectivity index (χ0) is 22.5. The van der Waals surface area contributed by atoms with E-state index < -0.39 is 17.4 Å².